The van der Waals surface area contributed by atoms with Crippen LogP contribution < -0.4 is 5.32 Å². The lowest BCUT2D eigenvalue weighted by atomic mass is 9.83. The highest BCUT2D eigenvalue weighted by Crippen LogP contribution is 2.40. The van der Waals surface area contributed by atoms with Gasteiger partial charge in [0.05, 0.1) is 18.8 Å². The van der Waals surface area contributed by atoms with Crippen molar-refractivity contribution < 1.29 is 18.7 Å². The van der Waals surface area contributed by atoms with E-state index in [-0.39, 0.29) is 36.0 Å². The summed E-state index contributed by atoms with van der Waals surface area (Å²) in [6.45, 7) is 12.3. The topological polar surface area (TPSA) is 60.1 Å². The first-order chi connectivity index (χ1) is 14.7. The third-order valence-corrected chi connectivity index (χ3v) is 11.7. The quantitative estimate of drug-likeness (QED) is 0.370. The zero-order chi connectivity index (χ0) is 22.5. The van der Waals surface area contributed by atoms with E-state index >= 15 is 0 Å². The van der Waals surface area contributed by atoms with E-state index in [0.29, 0.717) is 12.5 Å². The normalized spacial score (nSPS) is 21.9. The van der Waals surface area contributed by atoms with Crippen molar-refractivity contribution >= 4 is 14.4 Å². The van der Waals surface area contributed by atoms with E-state index in [1.54, 1.807) is 0 Å². The number of amides is 1. The predicted octanol–water partition coefficient (Wildman–Crippen LogP) is 6.04. The summed E-state index contributed by atoms with van der Waals surface area (Å²) in [5, 5.41) is 3.29. The number of alkyl carbamates (subject to hydrolysis) is 1. The van der Waals surface area contributed by atoms with Crippen molar-refractivity contribution in [1.82, 2.24) is 5.32 Å². The molecule has 0 aromatic heterocycles. The maximum absolute atomic E-state index is 12.8. The number of carbonyl (C=O) groups is 1. The summed E-state index contributed by atoms with van der Waals surface area (Å²) in [7, 11) is -2.01. The van der Waals surface area contributed by atoms with Gasteiger partial charge in [-0.25, -0.2) is 4.79 Å². The monoisotopic (exact) mass is 447 g/mol. The molecule has 6 heteroatoms. The van der Waals surface area contributed by atoms with Crippen molar-refractivity contribution in [1.29, 1.82) is 0 Å². The van der Waals surface area contributed by atoms with Crippen LogP contribution in [0.4, 0.5) is 4.79 Å². The minimum Gasteiger partial charge on any atom is -0.445 e. The zero-order valence-electron chi connectivity index (χ0n) is 20.0. The van der Waals surface area contributed by atoms with Gasteiger partial charge in [0.1, 0.15) is 12.7 Å². The van der Waals surface area contributed by atoms with E-state index in [1.807, 2.05) is 30.3 Å². The maximum Gasteiger partial charge on any atom is 0.407 e. The molecule has 3 unspecified atom stereocenters. The first-order valence-electron chi connectivity index (χ1n) is 11.9. The molecule has 3 rings (SSSR count). The molecule has 1 saturated heterocycles. The first-order valence-corrected chi connectivity index (χ1v) is 14.8. The Morgan fingerprint density at radius 1 is 1.16 bits per heavy atom. The van der Waals surface area contributed by atoms with Gasteiger partial charge in [0, 0.05) is 0 Å². The van der Waals surface area contributed by atoms with Gasteiger partial charge in [-0.1, -0.05) is 83.2 Å². The van der Waals surface area contributed by atoms with Crippen molar-refractivity contribution in [3.05, 3.63) is 35.9 Å². The Bertz CT molecular complexity index is 693. The Morgan fingerprint density at radius 3 is 2.39 bits per heavy atom. The van der Waals surface area contributed by atoms with Crippen LogP contribution in [0.5, 0.6) is 0 Å². The maximum atomic E-state index is 12.8. The molecule has 2 fully saturated rings. The molecule has 0 bridgehead atoms. The van der Waals surface area contributed by atoms with Crippen LogP contribution in [0.25, 0.3) is 0 Å². The predicted molar refractivity (Wildman–Crippen MR) is 127 cm³/mol. The average Bonchev–Trinajstić information content (AvgIpc) is 3.56. The van der Waals surface area contributed by atoms with Crippen LogP contribution in [0.1, 0.15) is 64.9 Å². The summed E-state index contributed by atoms with van der Waals surface area (Å²) in [6.07, 6.45) is 6.86. The standard InChI is InChI=1S/C25H41NO4Si/c1-25(2,3)31(4,5)30-23(22-18-28-22)21(16-19-12-8-6-9-13-19)26-24(27)29-17-20-14-10-7-11-15-20/h7,10-11,14-15,19,21-23H,6,8-9,12-13,16-18H2,1-5H3,(H,26,27). The molecule has 1 heterocycles. The van der Waals surface area contributed by atoms with Crippen molar-refractivity contribution in [2.75, 3.05) is 6.61 Å². The molecular formula is C25H41NO4Si. The summed E-state index contributed by atoms with van der Waals surface area (Å²) in [5.74, 6) is 0.623. The molecule has 174 valence electrons. The van der Waals surface area contributed by atoms with Gasteiger partial charge in [0.25, 0.3) is 0 Å². The lowest BCUT2D eigenvalue weighted by molar-refractivity contribution is 0.0772. The molecule has 1 aliphatic carbocycles. The highest BCUT2D eigenvalue weighted by molar-refractivity contribution is 6.74. The molecule has 1 amide bonds. The van der Waals surface area contributed by atoms with Gasteiger partial charge in [-0.3, -0.25) is 0 Å². The number of epoxide rings is 1. The summed E-state index contributed by atoms with van der Waals surface area (Å²) in [4.78, 5) is 12.8. The Labute approximate surface area is 189 Å². The number of hydrogen-bond acceptors (Lipinski definition) is 4. The average molecular weight is 448 g/mol. The Balaban J connectivity index is 1.69. The molecule has 0 spiro atoms. The van der Waals surface area contributed by atoms with E-state index in [9.17, 15) is 4.79 Å². The highest BCUT2D eigenvalue weighted by atomic mass is 28.4. The number of hydrogen-bond donors (Lipinski definition) is 1. The number of ether oxygens (including phenoxy) is 2. The van der Waals surface area contributed by atoms with E-state index in [1.165, 1.54) is 32.1 Å². The van der Waals surface area contributed by atoms with Gasteiger partial charge < -0.3 is 19.2 Å². The van der Waals surface area contributed by atoms with Crippen LogP contribution in [-0.2, 0) is 20.5 Å². The van der Waals surface area contributed by atoms with E-state index < -0.39 is 8.32 Å². The number of nitrogens with one attached hydrogen (secondary N) is 1. The molecule has 3 atom stereocenters. The van der Waals surface area contributed by atoms with Crippen molar-refractivity contribution in [2.24, 2.45) is 5.92 Å². The van der Waals surface area contributed by atoms with Crippen LogP contribution >= 0.6 is 0 Å². The molecule has 31 heavy (non-hydrogen) atoms. The lowest BCUT2D eigenvalue weighted by Crippen LogP contribution is -2.54. The smallest absolute Gasteiger partial charge is 0.407 e. The molecule has 1 aromatic rings. The van der Waals surface area contributed by atoms with Gasteiger partial charge in [-0.15, -0.1) is 0 Å². The van der Waals surface area contributed by atoms with Crippen LogP contribution in [0, 0.1) is 5.92 Å². The van der Waals surface area contributed by atoms with Crippen molar-refractivity contribution in [2.45, 2.75) is 102 Å². The largest absolute Gasteiger partial charge is 0.445 e. The third kappa shape index (κ3) is 7.33. The Hall–Kier alpha value is -1.37. The van der Waals surface area contributed by atoms with Gasteiger partial charge in [-0.05, 0) is 36.0 Å². The minimum atomic E-state index is -2.01. The van der Waals surface area contributed by atoms with Gasteiger partial charge in [0.2, 0.25) is 0 Å². The Morgan fingerprint density at radius 2 is 1.81 bits per heavy atom. The summed E-state index contributed by atoms with van der Waals surface area (Å²) in [6, 6.07) is 9.71. The molecule has 5 nitrogen and oxygen atoms in total. The third-order valence-electron chi connectivity index (χ3n) is 7.19. The number of benzene rings is 1. The van der Waals surface area contributed by atoms with Crippen LogP contribution in [0.15, 0.2) is 30.3 Å². The summed E-state index contributed by atoms with van der Waals surface area (Å²) >= 11 is 0. The van der Waals surface area contributed by atoms with Crippen LogP contribution in [0.3, 0.4) is 0 Å². The number of rotatable bonds is 9. The van der Waals surface area contributed by atoms with Crippen LogP contribution in [-0.4, -0.2) is 39.3 Å². The second-order valence-corrected chi connectivity index (χ2v) is 15.5. The van der Waals surface area contributed by atoms with E-state index in [2.05, 4.69) is 39.2 Å². The van der Waals surface area contributed by atoms with Gasteiger partial charge in [-0.2, -0.15) is 0 Å². The molecule has 1 aliphatic heterocycles. The fourth-order valence-corrected chi connectivity index (χ4v) is 5.50. The van der Waals surface area contributed by atoms with Crippen molar-refractivity contribution in [3.63, 3.8) is 0 Å². The highest BCUT2D eigenvalue weighted by Gasteiger charge is 2.47. The molecule has 1 N–H and O–H groups in total. The molecule has 2 aliphatic rings. The Kier molecular flexibility index (Phi) is 8.22. The second-order valence-electron chi connectivity index (χ2n) is 10.8. The first kappa shape index (κ1) is 24.3. The minimum absolute atomic E-state index is 0.0668. The van der Waals surface area contributed by atoms with E-state index in [4.69, 9.17) is 13.9 Å². The van der Waals surface area contributed by atoms with E-state index in [0.717, 1.165) is 12.0 Å². The second kappa shape index (κ2) is 10.5. The zero-order valence-corrected chi connectivity index (χ0v) is 21.0. The lowest BCUT2D eigenvalue weighted by Gasteiger charge is -2.42. The fraction of sp³-hybridized carbons (Fsp3) is 0.720. The van der Waals surface area contributed by atoms with Crippen molar-refractivity contribution in [3.8, 4) is 0 Å². The number of carbonyl (C=O) groups excluding carboxylic acids is 1. The van der Waals surface area contributed by atoms with Gasteiger partial charge >= 0.3 is 6.09 Å². The molecule has 0 radical (unpaired) electrons. The SMILES string of the molecule is CC(C)(C)[Si](C)(C)OC(C(CC1CCCCC1)NC(=O)OCc1ccccc1)C1CO1. The molecule has 1 aromatic carbocycles. The van der Waals surface area contributed by atoms with Gasteiger partial charge in [0.15, 0.2) is 8.32 Å². The van der Waals surface area contributed by atoms with Crippen LogP contribution in [0.2, 0.25) is 18.1 Å². The summed E-state index contributed by atoms with van der Waals surface area (Å²) < 4.78 is 18.1. The molecule has 1 saturated carbocycles. The molecular weight excluding hydrogens is 406 g/mol. The fourth-order valence-electron chi connectivity index (χ4n) is 4.15. The summed E-state index contributed by atoms with van der Waals surface area (Å²) in [5.41, 5.74) is 0.987.